The van der Waals surface area contributed by atoms with Gasteiger partial charge in [-0.1, -0.05) is 0 Å². The van der Waals surface area contributed by atoms with Crippen LogP contribution in [0.15, 0.2) is 18.2 Å². The van der Waals surface area contributed by atoms with Crippen LogP contribution in [0.4, 0.5) is 10.1 Å². The molecule has 1 N–H and O–H groups in total. The van der Waals surface area contributed by atoms with Crippen LogP contribution in [0, 0.1) is 12.7 Å². The molecule has 1 aromatic carbocycles. The summed E-state index contributed by atoms with van der Waals surface area (Å²) in [5.74, 6) is 2.25. The second-order valence-electron chi connectivity index (χ2n) is 4.08. The molecule has 82 valence electrons. The number of hydrogen-bond acceptors (Lipinski definition) is 2. The van der Waals surface area contributed by atoms with Crippen molar-refractivity contribution in [1.29, 1.82) is 0 Å². The molecule has 1 heterocycles. The minimum atomic E-state index is -0.152. The van der Waals surface area contributed by atoms with Crippen molar-refractivity contribution in [2.45, 2.75) is 25.8 Å². The third-order valence-electron chi connectivity index (χ3n) is 2.57. The smallest absolute Gasteiger partial charge is 0.125 e. The van der Waals surface area contributed by atoms with Crippen molar-refractivity contribution in [3.63, 3.8) is 0 Å². The number of anilines is 1. The largest absolute Gasteiger partial charge is 0.381 e. The lowest BCUT2D eigenvalue weighted by molar-refractivity contribution is 0.625. The molecular formula is C12H16FNS. The minimum absolute atomic E-state index is 0.152. The van der Waals surface area contributed by atoms with Crippen LogP contribution in [0.1, 0.15) is 18.4 Å². The molecular weight excluding hydrogens is 209 g/mol. The van der Waals surface area contributed by atoms with Gasteiger partial charge in [0.15, 0.2) is 0 Å². The summed E-state index contributed by atoms with van der Waals surface area (Å²) in [6, 6.07) is 5.64. The van der Waals surface area contributed by atoms with Crippen LogP contribution in [-0.2, 0) is 0 Å². The van der Waals surface area contributed by atoms with E-state index in [1.54, 1.807) is 12.1 Å². The van der Waals surface area contributed by atoms with Crippen LogP contribution in [0.3, 0.4) is 0 Å². The SMILES string of the molecule is Cc1cc(F)cc(NC2CCCSC2)c1. The zero-order chi connectivity index (χ0) is 10.7. The first-order valence-corrected chi connectivity index (χ1v) is 6.51. The van der Waals surface area contributed by atoms with Gasteiger partial charge in [-0.05, 0) is 49.3 Å². The van der Waals surface area contributed by atoms with Gasteiger partial charge in [0, 0.05) is 17.5 Å². The number of benzene rings is 1. The van der Waals surface area contributed by atoms with Crippen LogP contribution in [-0.4, -0.2) is 17.5 Å². The van der Waals surface area contributed by atoms with Gasteiger partial charge in [0.1, 0.15) is 5.82 Å². The van der Waals surface area contributed by atoms with E-state index in [2.05, 4.69) is 5.32 Å². The van der Waals surface area contributed by atoms with Crippen molar-refractivity contribution in [2.24, 2.45) is 0 Å². The maximum Gasteiger partial charge on any atom is 0.125 e. The summed E-state index contributed by atoms with van der Waals surface area (Å²) in [5.41, 5.74) is 1.89. The molecule has 0 radical (unpaired) electrons. The summed E-state index contributed by atoms with van der Waals surface area (Å²) < 4.78 is 13.1. The monoisotopic (exact) mass is 225 g/mol. The Morgan fingerprint density at radius 2 is 2.27 bits per heavy atom. The summed E-state index contributed by atoms with van der Waals surface area (Å²) in [7, 11) is 0. The second-order valence-corrected chi connectivity index (χ2v) is 5.23. The highest BCUT2D eigenvalue weighted by atomic mass is 32.2. The average Bonchev–Trinajstić information content (AvgIpc) is 2.17. The molecule has 1 aliphatic rings. The molecule has 1 fully saturated rings. The van der Waals surface area contributed by atoms with E-state index in [1.807, 2.05) is 24.8 Å². The van der Waals surface area contributed by atoms with E-state index in [0.29, 0.717) is 6.04 Å². The molecule has 1 unspecified atom stereocenters. The highest BCUT2D eigenvalue weighted by Crippen LogP contribution is 2.22. The third-order valence-corrected chi connectivity index (χ3v) is 3.79. The normalized spacial score (nSPS) is 21.3. The molecule has 1 saturated heterocycles. The highest BCUT2D eigenvalue weighted by Gasteiger charge is 2.13. The van der Waals surface area contributed by atoms with Gasteiger partial charge >= 0.3 is 0 Å². The van der Waals surface area contributed by atoms with Gasteiger partial charge in [-0.15, -0.1) is 0 Å². The zero-order valence-electron chi connectivity index (χ0n) is 8.92. The van der Waals surface area contributed by atoms with E-state index < -0.39 is 0 Å². The van der Waals surface area contributed by atoms with Crippen LogP contribution in [0.2, 0.25) is 0 Å². The number of hydrogen-bond donors (Lipinski definition) is 1. The van der Waals surface area contributed by atoms with E-state index in [9.17, 15) is 4.39 Å². The van der Waals surface area contributed by atoms with Crippen molar-refractivity contribution in [1.82, 2.24) is 0 Å². The quantitative estimate of drug-likeness (QED) is 0.827. The molecule has 0 spiro atoms. The fourth-order valence-electron chi connectivity index (χ4n) is 1.91. The summed E-state index contributed by atoms with van der Waals surface area (Å²) in [5, 5.41) is 3.40. The molecule has 1 atom stereocenters. The summed E-state index contributed by atoms with van der Waals surface area (Å²) in [6.45, 7) is 1.92. The van der Waals surface area contributed by atoms with Crippen molar-refractivity contribution < 1.29 is 4.39 Å². The molecule has 15 heavy (non-hydrogen) atoms. The Kier molecular flexibility index (Phi) is 3.52. The van der Waals surface area contributed by atoms with E-state index >= 15 is 0 Å². The van der Waals surface area contributed by atoms with Crippen molar-refractivity contribution in [3.05, 3.63) is 29.6 Å². The maximum atomic E-state index is 13.1. The molecule has 1 aromatic rings. The van der Waals surface area contributed by atoms with E-state index in [-0.39, 0.29) is 5.82 Å². The molecule has 2 rings (SSSR count). The number of halogens is 1. The lowest BCUT2D eigenvalue weighted by atomic mass is 10.1. The zero-order valence-corrected chi connectivity index (χ0v) is 9.74. The molecule has 1 nitrogen and oxygen atoms in total. The van der Waals surface area contributed by atoms with Crippen LogP contribution in [0.25, 0.3) is 0 Å². The number of nitrogens with one attached hydrogen (secondary N) is 1. The van der Waals surface area contributed by atoms with E-state index in [0.717, 1.165) is 17.0 Å². The second kappa shape index (κ2) is 4.88. The summed E-state index contributed by atoms with van der Waals surface area (Å²) in [6.07, 6.45) is 2.46. The van der Waals surface area contributed by atoms with Crippen molar-refractivity contribution >= 4 is 17.4 Å². The van der Waals surface area contributed by atoms with Crippen LogP contribution >= 0.6 is 11.8 Å². The van der Waals surface area contributed by atoms with E-state index in [4.69, 9.17) is 0 Å². The first-order chi connectivity index (χ1) is 7.24. The predicted molar refractivity (Wildman–Crippen MR) is 65.1 cm³/mol. The Balaban J connectivity index is 2.02. The molecule has 0 bridgehead atoms. The first-order valence-electron chi connectivity index (χ1n) is 5.35. The fourth-order valence-corrected chi connectivity index (χ4v) is 2.98. The highest BCUT2D eigenvalue weighted by molar-refractivity contribution is 7.99. The first kappa shape index (κ1) is 10.8. The van der Waals surface area contributed by atoms with Gasteiger partial charge in [-0.2, -0.15) is 11.8 Å². The van der Waals surface area contributed by atoms with Crippen LogP contribution < -0.4 is 5.32 Å². The maximum absolute atomic E-state index is 13.1. The third kappa shape index (κ3) is 3.13. The molecule has 1 aliphatic heterocycles. The van der Waals surface area contributed by atoms with Gasteiger partial charge in [-0.25, -0.2) is 4.39 Å². The average molecular weight is 225 g/mol. The lowest BCUT2D eigenvalue weighted by Gasteiger charge is -2.23. The van der Waals surface area contributed by atoms with Gasteiger partial charge in [0.2, 0.25) is 0 Å². The Labute approximate surface area is 94.5 Å². The lowest BCUT2D eigenvalue weighted by Crippen LogP contribution is -2.25. The molecule has 3 heteroatoms. The van der Waals surface area contributed by atoms with Gasteiger partial charge in [-0.3, -0.25) is 0 Å². The summed E-state index contributed by atoms with van der Waals surface area (Å²) >= 11 is 1.97. The number of aryl methyl sites for hydroxylation is 1. The Morgan fingerprint density at radius 1 is 1.40 bits per heavy atom. The molecule has 0 saturated carbocycles. The fraction of sp³-hybridized carbons (Fsp3) is 0.500. The van der Waals surface area contributed by atoms with Gasteiger partial charge in [0.25, 0.3) is 0 Å². The predicted octanol–water partition coefficient (Wildman–Crippen LogP) is 3.44. The standard InChI is InChI=1S/C12H16FNS/c1-9-5-10(13)7-12(6-9)14-11-3-2-4-15-8-11/h5-7,11,14H,2-4,8H2,1H3. The van der Waals surface area contributed by atoms with E-state index in [1.165, 1.54) is 18.6 Å². The van der Waals surface area contributed by atoms with Gasteiger partial charge in [0.05, 0.1) is 0 Å². The topological polar surface area (TPSA) is 12.0 Å². The number of thioether (sulfide) groups is 1. The Bertz CT molecular complexity index is 314. The Morgan fingerprint density at radius 3 is 2.93 bits per heavy atom. The number of rotatable bonds is 2. The van der Waals surface area contributed by atoms with Crippen LogP contribution in [0.5, 0.6) is 0 Å². The molecule has 0 aromatic heterocycles. The Hall–Kier alpha value is -0.700. The molecule has 0 amide bonds. The van der Waals surface area contributed by atoms with Crippen molar-refractivity contribution in [3.8, 4) is 0 Å². The van der Waals surface area contributed by atoms with Gasteiger partial charge < -0.3 is 5.32 Å². The summed E-state index contributed by atoms with van der Waals surface area (Å²) in [4.78, 5) is 0. The van der Waals surface area contributed by atoms with Crippen molar-refractivity contribution in [2.75, 3.05) is 16.8 Å². The molecule has 0 aliphatic carbocycles. The minimum Gasteiger partial charge on any atom is -0.381 e.